The number of nitrogens with one attached hydrogen (secondary N) is 2. The van der Waals surface area contributed by atoms with Gasteiger partial charge in [0.15, 0.2) is 0 Å². The molecule has 0 aliphatic heterocycles. The molecule has 0 fully saturated rings. The lowest BCUT2D eigenvalue weighted by atomic mass is 9.87. The monoisotopic (exact) mass is 293 g/mol. The van der Waals surface area contributed by atoms with Crippen molar-refractivity contribution in [1.29, 1.82) is 0 Å². The van der Waals surface area contributed by atoms with E-state index in [0.29, 0.717) is 5.82 Å². The third kappa shape index (κ3) is 3.46. The maximum atomic E-state index is 12.1. The van der Waals surface area contributed by atoms with Gasteiger partial charge in [0.05, 0.1) is 11.4 Å². The van der Waals surface area contributed by atoms with Crippen LogP contribution < -0.4 is 4.72 Å². The first kappa shape index (κ1) is 14.7. The molecule has 2 rings (SSSR count). The van der Waals surface area contributed by atoms with Crippen molar-refractivity contribution >= 4 is 10.0 Å². The molecule has 6 heteroatoms. The van der Waals surface area contributed by atoms with E-state index in [2.05, 4.69) is 35.5 Å². The van der Waals surface area contributed by atoms with E-state index in [1.165, 1.54) is 0 Å². The van der Waals surface area contributed by atoms with Crippen LogP contribution in [0.5, 0.6) is 0 Å². The molecule has 0 atom stereocenters. The molecule has 5 nitrogen and oxygen atoms in total. The van der Waals surface area contributed by atoms with Gasteiger partial charge in [-0.1, -0.05) is 32.9 Å². The van der Waals surface area contributed by atoms with Gasteiger partial charge in [0.1, 0.15) is 5.82 Å². The van der Waals surface area contributed by atoms with Crippen molar-refractivity contribution in [3.8, 4) is 0 Å². The number of nitrogens with zero attached hydrogens (tertiary/aromatic N) is 1. The van der Waals surface area contributed by atoms with Gasteiger partial charge in [-0.15, -0.1) is 0 Å². The lowest BCUT2D eigenvalue weighted by Crippen LogP contribution is -2.24. The minimum absolute atomic E-state index is 0.00386. The first-order valence-electron chi connectivity index (χ1n) is 6.37. The van der Waals surface area contributed by atoms with Crippen molar-refractivity contribution in [3.05, 3.63) is 48.0 Å². The summed E-state index contributed by atoms with van der Waals surface area (Å²) in [4.78, 5) is 7.09. The molecule has 0 radical (unpaired) electrons. The third-order valence-electron chi connectivity index (χ3n) is 3.02. The molecule has 1 aromatic carbocycles. The Morgan fingerprint density at radius 1 is 1.20 bits per heavy atom. The van der Waals surface area contributed by atoms with Gasteiger partial charge in [-0.2, -0.15) is 0 Å². The van der Waals surface area contributed by atoms with Crippen LogP contribution in [0.3, 0.4) is 0 Å². The second-order valence-corrected chi connectivity index (χ2v) is 7.40. The largest absolute Gasteiger partial charge is 0.347 e. The van der Waals surface area contributed by atoms with Crippen molar-refractivity contribution in [2.24, 2.45) is 0 Å². The molecule has 20 heavy (non-hydrogen) atoms. The number of rotatable bonds is 4. The Balaban J connectivity index is 2.13. The molecule has 1 heterocycles. The lowest BCUT2D eigenvalue weighted by Gasteiger charge is -2.19. The first-order valence-corrected chi connectivity index (χ1v) is 7.86. The normalized spacial score (nSPS) is 12.6. The van der Waals surface area contributed by atoms with Crippen LogP contribution in [0.25, 0.3) is 0 Å². The van der Waals surface area contributed by atoms with E-state index in [1.807, 2.05) is 12.1 Å². The number of benzene rings is 1. The minimum atomic E-state index is -3.51. The SMILES string of the molecule is CC(C)(C)c1ccc(S(=O)(=O)NCc2ncc[nH]2)cc1. The molecule has 2 aromatic rings. The highest BCUT2D eigenvalue weighted by molar-refractivity contribution is 7.89. The second kappa shape index (κ2) is 5.38. The molecule has 0 saturated heterocycles. The first-order chi connectivity index (χ1) is 9.29. The number of hydrogen-bond donors (Lipinski definition) is 2. The highest BCUT2D eigenvalue weighted by atomic mass is 32.2. The predicted molar refractivity (Wildman–Crippen MR) is 77.8 cm³/mol. The number of sulfonamides is 1. The quantitative estimate of drug-likeness (QED) is 0.907. The van der Waals surface area contributed by atoms with Crippen LogP contribution >= 0.6 is 0 Å². The Hall–Kier alpha value is -1.66. The van der Waals surface area contributed by atoms with E-state index in [0.717, 1.165) is 5.56 Å². The molecule has 0 bridgehead atoms. The molecule has 0 aliphatic rings. The van der Waals surface area contributed by atoms with Crippen LogP contribution in [0.4, 0.5) is 0 Å². The van der Waals surface area contributed by atoms with E-state index >= 15 is 0 Å². The number of aromatic nitrogens is 2. The highest BCUT2D eigenvalue weighted by Crippen LogP contribution is 2.23. The van der Waals surface area contributed by atoms with E-state index < -0.39 is 10.0 Å². The number of H-pyrrole nitrogens is 1. The van der Waals surface area contributed by atoms with Crippen molar-refractivity contribution in [2.75, 3.05) is 0 Å². The van der Waals surface area contributed by atoms with Gasteiger partial charge in [-0.25, -0.2) is 18.1 Å². The fraction of sp³-hybridized carbons (Fsp3) is 0.357. The minimum Gasteiger partial charge on any atom is -0.347 e. The van der Waals surface area contributed by atoms with Gasteiger partial charge in [-0.05, 0) is 23.1 Å². The van der Waals surface area contributed by atoms with Crippen molar-refractivity contribution in [3.63, 3.8) is 0 Å². The number of aromatic amines is 1. The number of hydrogen-bond acceptors (Lipinski definition) is 3. The molecule has 0 spiro atoms. The smallest absolute Gasteiger partial charge is 0.240 e. The van der Waals surface area contributed by atoms with Crippen molar-refractivity contribution < 1.29 is 8.42 Å². The maximum Gasteiger partial charge on any atom is 0.240 e. The Bertz CT molecular complexity index is 653. The molecule has 0 unspecified atom stereocenters. The van der Waals surface area contributed by atoms with E-state index in [1.54, 1.807) is 24.5 Å². The van der Waals surface area contributed by atoms with Crippen molar-refractivity contribution in [2.45, 2.75) is 37.6 Å². The zero-order valence-corrected chi connectivity index (χ0v) is 12.7. The van der Waals surface area contributed by atoms with Crippen LogP contribution in [-0.4, -0.2) is 18.4 Å². The maximum absolute atomic E-state index is 12.1. The summed E-state index contributed by atoms with van der Waals surface area (Å²) >= 11 is 0. The molecule has 0 aliphatic carbocycles. The molecule has 1 aromatic heterocycles. The van der Waals surface area contributed by atoms with E-state index in [-0.39, 0.29) is 16.9 Å². The second-order valence-electron chi connectivity index (χ2n) is 5.63. The number of imidazole rings is 1. The summed E-state index contributed by atoms with van der Waals surface area (Å²) in [6.07, 6.45) is 3.24. The van der Waals surface area contributed by atoms with Crippen LogP contribution in [0.15, 0.2) is 41.6 Å². The molecular weight excluding hydrogens is 274 g/mol. The van der Waals surface area contributed by atoms with Crippen LogP contribution in [-0.2, 0) is 22.0 Å². The van der Waals surface area contributed by atoms with E-state index in [4.69, 9.17) is 0 Å². The fourth-order valence-corrected chi connectivity index (χ4v) is 2.76. The van der Waals surface area contributed by atoms with Gasteiger partial charge in [0, 0.05) is 12.4 Å². The standard InChI is InChI=1S/C14H19N3O2S/c1-14(2,3)11-4-6-12(7-5-11)20(18,19)17-10-13-15-8-9-16-13/h4-9,17H,10H2,1-3H3,(H,15,16). The van der Waals surface area contributed by atoms with Gasteiger partial charge >= 0.3 is 0 Å². The predicted octanol–water partition coefficient (Wildman–Crippen LogP) is 2.19. The molecule has 108 valence electrons. The van der Waals surface area contributed by atoms with Gasteiger partial charge < -0.3 is 4.98 Å². The lowest BCUT2D eigenvalue weighted by molar-refractivity contribution is 0.577. The zero-order valence-electron chi connectivity index (χ0n) is 11.8. The summed E-state index contributed by atoms with van der Waals surface area (Å²) in [5, 5.41) is 0. The summed E-state index contributed by atoms with van der Waals surface area (Å²) in [5.74, 6) is 0.583. The summed E-state index contributed by atoms with van der Waals surface area (Å²) in [6.45, 7) is 6.42. The Morgan fingerprint density at radius 2 is 1.85 bits per heavy atom. The topological polar surface area (TPSA) is 74.8 Å². The summed E-state index contributed by atoms with van der Waals surface area (Å²) in [6, 6.07) is 6.96. The van der Waals surface area contributed by atoms with E-state index in [9.17, 15) is 8.42 Å². The Labute approximate surface area is 119 Å². The molecular formula is C14H19N3O2S. The fourth-order valence-electron chi connectivity index (χ4n) is 1.78. The summed E-state index contributed by atoms with van der Waals surface area (Å²) < 4.78 is 26.8. The van der Waals surface area contributed by atoms with Gasteiger partial charge in [0.25, 0.3) is 0 Å². The van der Waals surface area contributed by atoms with Gasteiger partial charge in [0.2, 0.25) is 10.0 Å². The average molecular weight is 293 g/mol. The van der Waals surface area contributed by atoms with Gasteiger partial charge in [-0.3, -0.25) is 0 Å². The molecule has 0 amide bonds. The molecule has 0 saturated carbocycles. The van der Waals surface area contributed by atoms with Crippen molar-refractivity contribution in [1.82, 2.24) is 14.7 Å². The summed E-state index contributed by atoms with van der Waals surface area (Å²) in [7, 11) is -3.51. The Kier molecular flexibility index (Phi) is 3.96. The summed E-state index contributed by atoms with van der Waals surface area (Å²) in [5.41, 5.74) is 1.10. The zero-order chi connectivity index (χ0) is 14.8. The molecule has 2 N–H and O–H groups in total. The van der Waals surface area contributed by atoms with Crippen LogP contribution in [0.1, 0.15) is 32.2 Å². The third-order valence-corrected chi connectivity index (χ3v) is 4.43. The van der Waals surface area contributed by atoms with Crippen LogP contribution in [0.2, 0.25) is 0 Å². The van der Waals surface area contributed by atoms with Crippen LogP contribution in [0, 0.1) is 0 Å². The Morgan fingerprint density at radius 3 is 2.35 bits per heavy atom. The average Bonchev–Trinajstić information content (AvgIpc) is 2.89. The highest BCUT2D eigenvalue weighted by Gasteiger charge is 2.17.